The van der Waals surface area contributed by atoms with Crippen LogP contribution < -0.4 is 0 Å². The molecule has 0 unspecified atom stereocenters. The molecule has 0 aliphatic carbocycles. The second-order valence-corrected chi connectivity index (χ2v) is 7.36. The van der Waals surface area contributed by atoms with E-state index in [0.717, 1.165) is 38.5 Å². The Balaban J connectivity index is 3.61. The summed E-state index contributed by atoms with van der Waals surface area (Å²) in [5.74, 6) is -0.449. The number of nitroso groups, excluding NO2 is 1. The van der Waals surface area contributed by atoms with Crippen LogP contribution in [-0.2, 0) is 4.79 Å². The SMILES string of the molecule is CCCCCCCCC=CCCCCCCC(CC)(CC)C(=O)N=O. The minimum Gasteiger partial charge on any atom is -0.268 e. The molecule has 0 heterocycles. The molecule has 25 heavy (non-hydrogen) atoms. The molecule has 0 fully saturated rings. The first-order chi connectivity index (χ1) is 12.2. The zero-order valence-corrected chi connectivity index (χ0v) is 17.0. The van der Waals surface area contributed by atoms with Gasteiger partial charge in [0.1, 0.15) is 0 Å². The number of allylic oxidation sites excluding steroid dienone is 2. The fourth-order valence-corrected chi connectivity index (χ4v) is 3.47. The van der Waals surface area contributed by atoms with Crippen LogP contribution in [0.5, 0.6) is 0 Å². The van der Waals surface area contributed by atoms with Crippen molar-refractivity contribution in [1.82, 2.24) is 0 Å². The Morgan fingerprint density at radius 1 is 0.760 bits per heavy atom. The topological polar surface area (TPSA) is 46.5 Å². The highest BCUT2D eigenvalue weighted by Crippen LogP contribution is 2.34. The van der Waals surface area contributed by atoms with Crippen molar-refractivity contribution in [2.45, 2.75) is 117 Å². The van der Waals surface area contributed by atoms with Gasteiger partial charge in [0.15, 0.2) is 0 Å². The highest BCUT2D eigenvalue weighted by Gasteiger charge is 2.34. The van der Waals surface area contributed by atoms with Gasteiger partial charge in [-0.05, 0) is 44.9 Å². The Morgan fingerprint density at radius 3 is 1.72 bits per heavy atom. The van der Waals surface area contributed by atoms with Gasteiger partial charge in [0.2, 0.25) is 0 Å². The number of carbonyl (C=O) groups is 1. The van der Waals surface area contributed by atoms with E-state index in [-0.39, 0.29) is 0 Å². The predicted octanol–water partition coefficient (Wildman–Crippen LogP) is 7.73. The molecule has 3 heteroatoms. The van der Waals surface area contributed by atoms with E-state index < -0.39 is 11.3 Å². The van der Waals surface area contributed by atoms with Crippen LogP contribution in [0, 0.1) is 10.3 Å². The molecular weight excluding hydrogens is 310 g/mol. The molecule has 0 radical (unpaired) electrons. The van der Waals surface area contributed by atoms with Crippen LogP contribution in [0.2, 0.25) is 0 Å². The third-order valence-electron chi connectivity index (χ3n) is 5.56. The first-order valence-corrected chi connectivity index (χ1v) is 10.7. The molecule has 0 aliphatic rings. The van der Waals surface area contributed by atoms with Crippen LogP contribution >= 0.6 is 0 Å². The molecule has 3 nitrogen and oxygen atoms in total. The van der Waals surface area contributed by atoms with Crippen molar-refractivity contribution >= 4 is 5.91 Å². The van der Waals surface area contributed by atoms with Gasteiger partial charge in [0, 0.05) is 5.18 Å². The second-order valence-electron chi connectivity index (χ2n) is 7.36. The maximum absolute atomic E-state index is 11.8. The average molecular weight is 352 g/mol. The molecular formula is C22H41NO2. The largest absolute Gasteiger partial charge is 0.292 e. The van der Waals surface area contributed by atoms with E-state index in [2.05, 4.69) is 24.3 Å². The van der Waals surface area contributed by atoms with Gasteiger partial charge in [-0.15, -0.1) is 4.91 Å². The van der Waals surface area contributed by atoms with Gasteiger partial charge in [-0.2, -0.15) is 0 Å². The standard InChI is InChI=1S/C22H41NO2/c1-4-7-8-9-10-11-12-13-14-15-16-17-18-19-20-22(5-2,6-3)21(24)23-25/h13-14H,4-12,15-20H2,1-3H3. The molecule has 0 atom stereocenters. The zero-order chi connectivity index (χ0) is 18.8. The Morgan fingerprint density at radius 2 is 1.24 bits per heavy atom. The number of unbranched alkanes of at least 4 members (excludes halogenated alkanes) is 10. The molecule has 0 spiro atoms. The second kappa shape index (κ2) is 16.5. The van der Waals surface area contributed by atoms with Crippen molar-refractivity contribution in [3.8, 4) is 0 Å². The molecule has 0 N–H and O–H groups in total. The summed E-state index contributed by atoms with van der Waals surface area (Å²) in [5, 5.41) is 2.69. The molecule has 1 amide bonds. The smallest absolute Gasteiger partial charge is 0.268 e. The molecule has 0 aromatic heterocycles. The Kier molecular flexibility index (Phi) is 15.8. The van der Waals surface area contributed by atoms with Crippen molar-refractivity contribution in [3.05, 3.63) is 17.1 Å². The third kappa shape index (κ3) is 11.3. The normalized spacial score (nSPS) is 12.0. The fourth-order valence-electron chi connectivity index (χ4n) is 3.47. The van der Waals surface area contributed by atoms with Crippen molar-refractivity contribution in [3.63, 3.8) is 0 Å². The van der Waals surface area contributed by atoms with Crippen molar-refractivity contribution in [2.75, 3.05) is 0 Å². The lowest BCUT2D eigenvalue weighted by atomic mass is 9.77. The van der Waals surface area contributed by atoms with Gasteiger partial charge < -0.3 is 0 Å². The van der Waals surface area contributed by atoms with Gasteiger partial charge in [-0.3, -0.25) is 4.79 Å². The first kappa shape index (κ1) is 24.0. The summed E-state index contributed by atoms with van der Waals surface area (Å²) in [5.41, 5.74) is -0.501. The fraction of sp³-hybridized carbons (Fsp3) is 0.864. The molecule has 0 saturated heterocycles. The number of amides is 1. The van der Waals surface area contributed by atoms with Gasteiger partial charge in [0.05, 0.1) is 5.41 Å². The number of rotatable bonds is 17. The number of nitrogens with zero attached hydrogens (tertiary/aromatic N) is 1. The number of hydrogen-bond acceptors (Lipinski definition) is 2. The van der Waals surface area contributed by atoms with Crippen LogP contribution in [0.4, 0.5) is 0 Å². The van der Waals surface area contributed by atoms with E-state index in [1.807, 2.05) is 13.8 Å². The van der Waals surface area contributed by atoms with E-state index in [1.54, 1.807) is 0 Å². The minimum atomic E-state index is -0.501. The van der Waals surface area contributed by atoms with Crippen molar-refractivity contribution in [1.29, 1.82) is 0 Å². The Labute approximate surface area is 156 Å². The molecule has 0 saturated carbocycles. The monoisotopic (exact) mass is 351 g/mol. The van der Waals surface area contributed by atoms with Gasteiger partial charge in [-0.1, -0.05) is 84.3 Å². The van der Waals surface area contributed by atoms with E-state index in [9.17, 15) is 9.70 Å². The summed E-state index contributed by atoms with van der Waals surface area (Å²) in [6, 6.07) is 0. The molecule has 0 rings (SSSR count). The molecule has 146 valence electrons. The highest BCUT2D eigenvalue weighted by atomic mass is 16.3. The van der Waals surface area contributed by atoms with Gasteiger partial charge >= 0.3 is 0 Å². The first-order valence-electron chi connectivity index (χ1n) is 10.7. The van der Waals surface area contributed by atoms with Crippen LogP contribution in [0.1, 0.15) is 117 Å². The summed E-state index contributed by atoms with van der Waals surface area (Å²) < 4.78 is 0. The summed E-state index contributed by atoms with van der Waals surface area (Å²) in [6.45, 7) is 6.23. The molecule has 0 bridgehead atoms. The zero-order valence-electron chi connectivity index (χ0n) is 17.0. The summed E-state index contributed by atoms with van der Waals surface area (Å²) in [7, 11) is 0. The van der Waals surface area contributed by atoms with Crippen LogP contribution in [-0.4, -0.2) is 5.91 Å². The Hall–Kier alpha value is -0.990. The van der Waals surface area contributed by atoms with E-state index in [0.29, 0.717) is 0 Å². The number of hydrogen-bond donors (Lipinski definition) is 0. The molecule has 0 aromatic carbocycles. The van der Waals surface area contributed by atoms with Gasteiger partial charge in [-0.25, -0.2) is 0 Å². The van der Waals surface area contributed by atoms with E-state index >= 15 is 0 Å². The van der Waals surface area contributed by atoms with Crippen molar-refractivity contribution < 1.29 is 4.79 Å². The minimum absolute atomic E-state index is 0.449. The highest BCUT2D eigenvalue weighted by molar-refractivity contribution is 5.83. The van der Waals surface area contributed by atoms with Crippen LogP contribution in [0.25, 0.3) is 0 Å². The van der Waals surface area contributed by atoms with E-state index in [1.165, 1.54) is 57.8 Å². The molecule has 0 aromatic rings. The van der Waals surface area contributed by atoms with Crippen LogP contribution in [0.15, 0.2) is 17.3 Å². The lowest BCUT2D eigenvalue weighted by Gasteiger charge is -2.26. The van der Waals surface area contributed by atoms with Gasteiger partial charge in [0.25, 0.3) is 5.91 Å². The maximum Gasteiger partial charge on any atom is 0.292 e. The average Bonchev–Trinajstić information content (AvgIpc) is 2.65. The maximum atomic E-state index is 11.8. The Bertz CT molecular complexity index is 359. The van der Waals surface area contributed by atoms with E-state index in [4.69, 9.17) is 0 Å². The lowest BCUT2D eigenvalue weighted by molar-refractivity contribution is -0.128. The third-order valence-corrected chi connectivity index (χ3v) is 5.56. The predicted molar refractivity (Wildman–Crippen MR) is 109 cm³/mol. The summed E-state index contributed by atoms with van der Waals surface area (Å²) in [4.78, 5) is 22.4. The molecule has 0 aliphatic heterocycles. The summed E-state index contributed by atoms with van der Waals surface area (Å²) in [6.07, 6.45) is 22.1. The lowest BCUT2D eigenvalue weighted by Crippen LogP contribution is -2.28. The summed E-state index contributed by atoms with van der Waals surface area (Å²) >= 11 is 0. The van der Waals surface area contributed by atoms with Crippen molar-refractivity contribution in [2.24, 2.45) is 10.6 Å². The quantitative estimate of drug-likeness (QED) is 0.153. The van der Waals surface area contributed by atoms with Crippen LogP contribution in [0.3, 0.4) is 0 Å². The number of carbonyl (C=O) groups excluding carboxylic acids is 1.